The van der Waals surface area contributed by atoms with Crippen molar-refractivity contribution in [2.24, 2.45) is 0 Å². The van der Waals surface area contributed by atoms with Crippen molar-refractivity contribution in [3.05, 3.63) is 87.4 Å². The molecule has 0 aliphatic heterocycles. The molecule has 0 aliphatic carbocycles. The van der Waals surface area contributed by atoms with Gasteiger partial charge in [-0.15, -0.1) is 0 Å². The molecule has 226 valence electrons. The molecule has 0 radical (unpaired) electrons. The minimum absolute atomic E-state index is 0.0158. The fourth-order valence-electron chi connectivity index (χ4n) is 4.30. The number of hydrogen-bond donors (Lipinski definition) is 1. The number of rotatable bonds is 13. The first kappa shape index (κ1) is 33.2. The molecule has 0 unspecified atom stereocenters. The van der Waals surface area contributed by atoms with E-state index in [2.05, 4.69) is 5.32 Å². The zero-order valence-electron chi connectivity index (χ0n) is 24.5. The molecule has 42 heavy (non-hydrogen) atoms. The van der Waals surface area contributed by atoms with Gasteiger partial charge < -0.3 is 15.0 Å². The van der Waals surface area contributed by atoms with Crippen LogP contribution in [0.3, 0.4) is 0 Å². The van der Waals surface area contributed by atoms with Crippen molar-refractivity contribution in [3.8, 4) is 5.75 Å². The average Bonchev–Trinajstić information content (AvgIpc) is 2.95. The maximum atomic E-state index is 14.1. The number of aryl methyl sites for hydroxylation is 2. The maximum Gasteiger partial charge on any atom is 0.264 e. The van der Waals surface area contributed by atoms with Gasteiger partial charge in [-0.3, -0.25) is 13.9 Å². The quantitative estimate of drug-likeness (QED) is 0.228. The van der Waals surface area contributed by atoms with Gasteiger partial charge in [0.2, 0.25) is 11.8 Å². The molecule has 1 atom stereocenters. The zero-order valence-corrected chi connectivity index (χ0v) is 26.8. The lowest BCUT2D eigenvalue weighted by atomic mass is 10.1. The summed E-state index contributed by atoms with van der Waals surface area (Å²) in [6, 6.07) is 15.4. The Morgan fingerprint density at radius 2 is 1.64 bits per heavy atom. The van der Waals surface area contributed by atoms with Crippen LogP contribution in [0.15, 0.2) is 65.6 Å². The number of ether oxygens (including phenoxy) is 1. The smallest absolute Gasteiger partial charge is 0.264 e. The number of methoxy groups -OCH3 is 1. The Bertz CT molecular complexity index is 1510. The Balaban J connectivity index is 2.09. The minimum atomic E-state index is -4.24. The fourth-order valence-corrected chi connectivity index (χ4v) is 6.18. The molecule has 3 aromatic rings. The summed E-state index contributed by atoms with van der Waals surface area (Å²) >= 11 is 12.5. The molecule has 0 saturated carbocycles. The normalized spacial score (nSPS) is 12.0. The standard InChI is InChI=1S/C31H37Cl2N3O5S/c1-6-7-16-34-31(38)23(4)35(19-24-11-12-25(32)18-27(24)33)30(37)20-36(28-17-22(3)10-15-29(28)41-5)42(39,40)26-13-8-21(2)9-14-26/h8-15,17-18,23H,6-7,16,19-20H2,1-5H3,(H,34,38)/t23-/m1/s1. The SMILES string of the molecule is CCCCNC(=O)[C@@H](C)N(Cc1ccc(Cl)cc1Cl)C(=O)CN(c1cc(C)ccc1OC)S(=O)(=O)c1ccc(C)cc1. The van der Waals surface area contributed by atoms with Crippen molar-refractivity contribution in [3.63, 3.8) is 0 Å². The van der Waals surface area contributed by atoms with Crippen molar-refractivity contribution in [2.75, 3.05) is 24.5 Å². The van der Waals surface area contributed by atoms with Crippen LogP contribution >= 0.6 is 23.2 Å². The molecule has 3 aromatic carbocycles. The summed E-state index contributed by atoms with van der Waals surface area (Å²) in [5.74, 6) is -0.678. The lowest BCUT2D eigenvalue weighted by Crippen LogP contribution is -2.51. The highest BCUT2D eigenvalue weighted by atomic mass is 35.5. The van der Waals surface area contributed by atoms with Gasteiger partial charge in [0, 0.05) is 23.1 Å². The number of amides is 2. The molecule has 0 spiro atoms. The van der Waals surface area contributed by atoms with E-state index in [1.54, 1.807) is 55.5 Å². The van der Waals surface area contributed by atoms with Crippen LogP contribution in [0.2, 0.25) is 10.0 Å². The van der Waals surface area contributed by atoms with Crippen LogP contribution in [0.25, 0.3) is 0 Å². The number of hydrogen-bond acceptors (Lipinski definition) is 5. The summed E-state index contributed by atoms with van der Waals surface area (Å²) in [7, 11) is -2.80. The van der Waals surface area contributed by atoms with Gasteiger partial charge in [0.15, 0.2) is 0 Å². The van der Waals surface area contributed by atoms with Crippen molar-refractivity contribution < 1.29 is 22.7 Å². The summed E-state index contributed by atoms with van der Waals surface area (Å²) in [4.78, 5) is 28.6. The molecule has 0 bridgehead atoms. The minimum Gasteiger partial charge on any atom is -0.495 e. The molecule has 11 heteroatoms. The Labute approximate surface area is 258 Å². The van der Waals surface area contributed by atoms with Gasteiger partial charge in [-0.25, -0.2) is 8.42 Å². The molecule has 3 rings (SSSR count). The second-order valence-electron chi connectivity index (χ2n) is 10.1. The van der Waals surface area contributed by atoms with E-state index in [0.717, 1.165) is 28.3 Å². The molecule has 0 fully saturated rings. The van der Waals surface area contributed by atoms with Gasteiger partial charge in [-0.05, 0) is 74.7 Å². The van der Waals surface area contributed by atoms with Crippen molar-refractivity contribution in [2.45, 2.75) is 58.0 Å². The fraction of sp³-hybridized carbons (Fsp3) is 0.355. The van der Waals surface area contributed by atoms with Gasteiger partial charge in [0.1, 0.15) is 18.3 Å². The third-order valence-electron chi connectivity index (χ3n) is 6.84. The maximum absolute atomic E-state index is 14.1. The van der Waals surface area contributed by atoms with E-state index in [0.29, 0.717) is 22.2 Å². The molecular weight excluding hydrogens is 597 g/mol. The van der Waals surface area contributed by atoms with Crippen LogP contribution in [-0.2, 0) is 26.2 Å². The number of carbonyl (C=O) groups is 2. The van der Waals surface area contributed by atoms with E-state index in [1.807, 2.05) is 20.8 Å². The van der Waals surface area contributed by atoms with Crippen LogP contribution in [0, 0.1) is 13.8 Å². The molecule has 1 N–H and O–H groups in total. The Kier molecular flexibility index (Phi) is 11.7. The number of halogens is 2. The monoisotopic (exact) mass is 633 g/mol. The van der Waals surface area contributed by atoms with Crippen LogP contribution in [-0.4, -0.2) is 51.4 Å². The number of nitrogens with zero attached hydrogens (tertiary/aromatic N) is 2. The largest absolute Gasteiger partial charge is 0.495 e. The van der Waals surface area contributed by atoms with E-state index in [-0.39, 0.29) is 28.8 Å². The van der Waals surface area contributed by atoms with E-state index in [1.165, 1.54) is 24.1 Å². The molecule has 0 aliphatic rings. The van der Waals surface area contributed by atoms with E-state index >= 15 is 0 Å². The topological polar surface area (TPSA) is 96.0 Å². The van der Waals surface area contributed by atoms with Crippen molar-refractivity contribution >= 4 is 50.7 Å². The molecule has 0 heterocycles. The average molecular weight is 635 g/mol. The first-order valence-electron chi connectivity index (χ1n) is 13.6. The molecule has 2 amide bonds. The predicted octanol–water partition coefficient (Wildman–Crippen LogP) is 6.15. The summed E-state index contributed by atoms with van der Waals surface area (Å²) in [5.41, 5.74) is 2.43. The number of sulfonamides is 1. The Hall–Kier alpha value is -3.27. The highest BCUT2D eigenvalue weighted by molar-refractivity contribution is 7.92. The number of benzene rings is 3. The molecular formula is C31H37Cl2N3O5S. The second-order valence-corrected chi connectivity index (χ2v) is 12.8. The molecule has 0 aromatic heterocycles. The Morgan fingerprint density at radius 1 is 0.976 bits per heavy atom. The first-order valence-corrected chi connectivity index (χ1v) is 15.8. The van der Waals surface area contributed by atoms with Crippen LogP contribution in [0.4, 0.5) is 5.69 Å². The zero-order chi connectivity index (χ0) is 31.0. The lowest BCUT2D eigenvalue weighted by Gasteiger charge is -2.32. The van der Waals surface area contributed by atoms with Crippen LogP contribution < -0.4 is 14.4 Å². The third-order valence-corrected chi connectivity index (χ3v) is 9.20. The summed E-state index contributed by atoms with van der Waals surface area (Å²) in [6.45, 7) is 7.12. The summed E-state index contributed by atoms with van der Waals surface area (Å²) in [6.07, 6.45) is 1.67. The van der Waals surface area contributed by atoms with Gasteiger partial charge in [-0.2, -0.15) is 0 Å². The molecule has 0 saturated heterocycles. The van der Waals surface area contributed by atoms with Gasteiger partial charge in [0.25, 0.3) is 10.0 Å². The second kappa shape index (κ2) is 14.8. The molecule has 8 nitrogen and oxygen atoms in total. The third kappa shape index (κ3) is 8.18. The van der Waals surface area contributed by atoms with Gasteiger partial charge >= 0.3 is 0 Å². The number of anilines is 1. The van der Waals surface area contributed by atoms with Gasteiger partial charge in [-0.1, -0.05) is 66.4 Å². The Morgan fingerprint density at radius 3 is 2.26 bits per heavy atom. The summed E-state index contributed by atoms with van der Waals surface area (Å²) in [5, 5.41) is 3.61. The lowest BCUT2D eigenvalue weighted by molar-refractivity contribution is -0.139. The number of nitrogens with one attached hydrogen (secondary N) is 1. The predicted molar refractivity (Wildman–Crippen MR) is 168 cm³/mol. The van der Waals surface area contributed by atoms with Crippen molar-refractivity contribution in [1.82, 2.24) is 10.2 Å². The van der Waals surface area contributed by atoms with Crippen LogP contribution in [0.5, 0.6) is 5.75 Å². The number of carbonyl (C=O) groups excluding carboxylic acids is 2. The van der Waals surface area contributed by atoms with Gasteiger partial charge in [0.05, 0.1) is 17.7 Å². The highest BCUT2D eigenvalue weighted by Gasteiger charge is 2.34. The summed E-state index contributed by atoms with van der Waals surface area (Å²) < 4.78 is 34.7. The highest BCUT2D eigenvalue weighted by Crippen LogP contribution is 2.34. The van der Waals surface area contributed by atoms with E-state index in [4.69, 9.17) is 27.9 Å². The first-order chi connectivity index (χ1) is 19.9. The number of unbranched alkanes of at least 4 members (excludes halogenated alkanes) is 1. The van der Waals surface area contributed by atoms with E-state index < -0.39 is 28.5 Å². The van der Waals surface area contributed by atoms with Crippen molar-refractivity contribution in [1.29, 1.82) is 0 Å². The van der Waals surface area contributed by atoms with Crippen LogP contribution in [0.1, 0.15) is 43.4 Å². The van der Waals surface area contributed by atoms with E-state index in [9.17, 15) is 18.0 Å².